The molecule has 212 valence electrons. The van der Waals surface area contributed by atoms with Gasteiger partial charge in [-0.15, -0.1) is 0 Å². The highest BCUT2D eigenvalue weighted by atomic mass is 32.2. The molecule has 0 spiro atoms. The number of methoxy groups -OCH3 is 1. The molecule has 1 saturated carbocycles. The van der Waals surface area contributed by atoms with Gasteiger partial charge in [-0.25, -0.2) is 8.42 Å². The van der Waals surface area contributed by atoms with Crippen molar-refractivity contribution < 1.29 is 22.7 Å². The number of hydrogen-bond donors (Lipinski definition) is 1. The highest BCUT2D eigenvalue weighted by molar-refractivity contribution is 7.92. The molecule has 0 aliphatic heterocycles. The summed E-state index contributed by atoms with van der Waals surface area (Å²) >= 11 is 0. The Balaban J connectivity index is 1.68. The van der Waals surface area contributed by atoms with E-state index in [1.54, 1.807) is 49.4 Å². The van der Waals surface area contributed by atoms with Gasteiger partial charge in [0.05, 0.1) is 17.7 Å². The number of benzene rings is 3. The van der Waals surface area contributed by atoms with E-state index in [-0.39, 0.29) is 29.1 Å². The van der Waals surface area contributed by atoms with Crippen molar-refractivity contribution in [2.75, 3.05) is 18.0 Å². The molecule has 1 aliphatic rings. The monoisotopic (exact) mass is 563 g/mol. The van der Waals surface area contributed by atoms with Gasteiger partial charge in [-0.05, 0) is 56.5 Å². The average Bonchev–Trinajstić information content (AvgIpc) is 3.48. The van der Waals surface area contributed by atoms with Crippen LogP contribution in [0.1, 0.15) is 43.7 Å². The Labute approximate surface area is 237 Å². The summed E-state index contributed by atoms with van der Waals surface area (Å²) in [6.07, 6.45) is 3.98. The molecule has 1 unspecified atom stereocenters. The van der Waals surface area contributed by atoms with Crippen LogP contribution in [-0.2, 0) is 26.2 Å². The minimum Gasteiger partial charge on any atom is -0.497 e. The minimum absolute atomic E-state index is 0.0581. The molecular weight excluding hydrogens is 526 g/mol. The van der Waals surface area contributed by atoms with Crippen LogP contribution in [-0.4, -0.2) is 50.9 Å². The van der Waals surface area contributed by atoms with Crippen molar-refractivity contribution in [2.24, 2.45) is 0 Å². The molecule has 0 bridgehead atoms. The fourth-order valence-corrected chi connectivity index (χ4v) is 6.31. The number of ether oxygens (including phenoxy) is 1. The third kappa shape index (κ3) is 7.01. The van der Waals surface area contributed by atoms with Gasteiger partial charge in [0.1, 0.15) is 18.3 Å². The zero-order valence-electron chi connectivity index (χ0n) is 23.2. The number of hydrogen-bond acceptors (Lipinski definition) is 5. The molecule has 0 heterocycles. The van der Waals surface area contributed by atoms with Crippen molar-refractivity contribution in [3.8, 4) is 5.75 Å². The van der Waals surface area contributed by atoms with Crippen molar-refractivity contribution in [1.29, 1.82) is 0 Å². The Kier molecular flexibility index (Phi) is 9.47. The molecular formula is C31H37N3O5S. The summed E-state index contributed by atoms with van der Waals surface area (Å²) < 4.78 is 34.1. The molecule has 9 heteroatoms. The number of sulfonamides is 1. The quantitative estimate of drug-likeness (QED) is 0.366. The molecule has 0 radical (unpaired) electrons. The lowest BCUT2D eigenvalue weighted by Gasteiger charge is -2.32. The zero-order valence-corrected chi connectivity index (χ0v) is 24.1. The topological polar surface area (TPSA) is 96.0 Å². The Bertz CT molecular complexity index is 1400. The number of amides is 2. The van der Waals surface area contributed by atoms with Gasteiger partial charge < -0.3 is 15.0 Å². The Morgan fingerprint density at radius 3 is 2.30 bits per heavy atom. The molecule has 8 nitrogen and oxygen atoms in total. The van der Waals surface area contributed by atoms with Crippen LogP contribution in [0, 0.1) is 6.92 Å². The largest absolute Gasteiger partial charge is 0.497 e. The smallest absolute Gasteiger partial charge is 0.264 e. The van der Waals surface area contributed by atoms with E-state index >= 15 is 0 Å². The summed E-state index contributed by atoms with van der Waals surface area (Å²) in [4.78, 5) is 28.8. The number of rotatable bonds is 11. The molecule has 40 heavy (non-hydrogen) atoms. The highest BCUT2D eigenvalue weighted by Gasteiger charge is 2.33. The van der Waals surface area contributed by atoms with Crippen LogP contribution in [0.2, 0.25) is 0 Å². The van der Waals surface area contributed by atoms with Crippen LogP contribution in [0.4, 0.5) is 5.69 Å². The first-order valence-electron chi connectivity index (χ1n) is 13.6. The van der Waals surface area contributed by atoms with Crippen LogP contribution >= 0.6 is 0 Å². The van der Waals surface area contributed by atoms with E-state index in [1.807, 2.05) is 31.2 Å². The maximum absolute atomic E-state index is 14.0. The van der Waals surface area contributed by atoms with Crippen LogP contribution in [0.25, 0.3) is 0 Å². The predicted molar refractivity (Wildman–Crippen MR) is 156 cm³/mol. The Morgan fingerprint density at radius 1 is 0.975 bits per heavy atom. The van der Waals surface area contributed by atoms with Gasteiger partial charge in [-0.1, -0.05) is 66.9 Å². The first-order chi connectivity index (χ1) is 19.2. The van der Waals surface area contributed by atoms with E-state index in [2.05, 4.69) is 5.32 Å². The van der Waals surface area contributed by atoms with Gasteiger partial charge in [-0.3, -0.25) is 13.9 Å². The van der Waals surface area contributed by atoms with Crippen LogP contribution < -0.4 is 14.4 Å². The van der Waals surface area contributed by atoms with Crippen LogP contribution in [0.15, 0.2) is 83.8 Å². The fourth-order valence-electron chi connectivity index (χ4n) is 4.88. The van der Waals surface area contributed by atoms with Gasteiger partial charge in [0.25, 0.3) is 10.0 Å². The maximum Gasteiger partial charge on any atom is 0.264 e. The predicted octanol–water partition coefficient (Wildman–Crippen LogP) is 4.68. The fraction of sp³-hybridized carbons (Fsp3) is 0.355. The minimum atomic E-state index is -4.12. The molecule has 1 N–H and O–H groups in total. The van der Waals surface area contributed by atoms with Crippen molar-refractivity contribution in [3.05, 3.63) is 90.0 Å². The van der Waals surface area contributed by atoms with E-state index in [1.165, 1.54) is 24.1 Å². The second-order valence-electron chi connectivity index (χ2n) is 10.2. The van der Waals surface area contributed by atoms with E-state index in [4.69, 9.17) is 4.74 Å². The lowest BCUT2D eigenvalue weighted by atomic mass is 10.1. The number of nitrogens with one attached hydrogen (secondary N) is 1. The molecule has 0 aromatic heterocycles. The number of anilines is 1. The normalized spacial score (nSPS) is 14.4. The van der Waals surface area contributed by atoms with E-state index in [0.717, 1.165) is 41.1 Å². The summed E-state index contributed by atoms with van der Waals surface area (Å²) in [6, 6.07) is 21.6. The number of aryl methyl sites for hydroxylation is 1. The lowest BCUT2D eigenvalue weighted by molar-refractivity contribution is -0.139. The van der Waals surface area contributed by atoms with Crippen molar-refractivity contribution in [3.63, 3.8) is 0 Å². The van der Waals surface area contributed by atoms with E-state index < -0.39 is 28.5 Å². The number of carbonyl (C=O) groups is 2. The molecule has 3 aromatic rings. The first-order valence-corrected chi connectivity index (χ1v) is 15.0. The summed E-state index contributed by atoms with van der Waals surface area (Å²) in [5, 5.41) is 3.08. The summed E-state index contributed by atoms with van der Waals surface area (Å²) in [5.74, 6) is -0.276. The van der Waals surface area contributed by atoms with Gasteiger partial charge in [-0.2, -0.15) is 0 Å². The Hall–Kier alpha value is -3.85. The first kappa shape index (κ1) is 29.1. The van der Waals surface area contributed by atoms with Gasteiger partial charge in [0, 0.05) is 18.7 Å². The SMILES string of the molecule is COc1cccc(N(CC(=O)N(Cc2ccc(C)cc2)C(C)C(=O)NC2CCCC2)S(=O)(=O)c2ccccc2)c1. The van der Waals surface area contributed by atoms with Crippen molar-refractivity contribution >= 4 is 27.5 Å². The van der Waals surface area contributed by atoms with Gasteiger partial charge in [0.15, 0.2) is 0 Å². The molecule has 0 saturated heterocycles. The zero-order chi connectivity index (χ0) is 28.7. The summed E-state index contributed by atoms with van der Waals surface area (Å²) in [6.45, 7) is 3.34. The van der Waals surface area contributed by atoms with Gasteiger partial charge >= 0.3 is 0 Å². The number of carbonyl (C=O) groups excluding carboxylic acids is 2. The van der Waals surface area contributed by atoms with Crippen LogP contribution in [0.3, 0.4) is 0 Å². The van der Waals surface area contributed by atoms with Crippen molar-refractivity contribution in [1.82, 2.24) is 10.2 Å². The van der Waals surface area contributed by atoms with E-state index in [9.17, 15) is 18.0 Å². The molecule has 1 fully saturated rings. The second kappa shape index (κ2) is 13.0. The standard InChI is InChI=1S/C31H37N3O5S/c1-23-16-18-25(19-17-23)21-33(24(2)31(36)32-26-10-7-8-11-26)30(35)22-34(27-12-9-13-28(20-27)39-3)40(37,38)29-14-5-4-6-15-29/h4-6,9,12-20,24,26H,7-8,10-11,21-22H2,1-3H3,(H,32,36). The summed E-state index contributed by atoms with van der Waals surface area (Å²) in [5.41, 5.74) is 2.21. The molecule has 4 rings (SSSR count). The third-order valence-electron chi connectivity index (χ3n) is 7.29. The molecule has 3 aromatic carbocycles. The summed E-state index contributed by atoms with van der Waals surface area (Å²) in [7, 11) is -2.63. The molecule has 1 atom stereocenters. The molecule has 1 aliphatic carbocycles. The van der Waals surface area contributed by atoms with Crippen molar-refractivity contribution in [2.45, 2.75) is 63.1 Å². The molecule has 2 amide bonds. The maximum atomic E-state index is 14.0. The van der Waals surface area contributed by atoms with E-state index in [0.29, 0.717) is 5.75 Å². The Morgan fingerprint density at radius 2 is 1.65 bits per heavy atom. The average molecular weight is 564 g/mol. The van der Waals surface area contributed by atoms with Crippen LogP contribution in [0.5, 0.6) is 5.75 Å². The lowest BCUT2D eigenvalue weighted by Crippen LogP contribution is -2.52. The third-order valence-corrected chi connectivity index (χ3v) is 9.08. The number of nitrogens with zero attached hydrogens (tertiary/aromatic N) is 2. The highest BCUT2D eigenvalue weighted by Crippen LogP contribution is 2.27. The second-order valence-corrected chi connectivity index (χ2v) is 12.1. The van der Waals surface area contributed by atoms with Gasteiger partial charge in [0.2, 0.25) is 11.8 Å².